The van der Waals surface area contributed by atoms with Crippen LogP contribution >= 0.6 is 0 Å². The van der Waals surface area contributed by atoms with Crippen molar-refractivity contribution in [2.75, 3.05) is 39.3 Å². The van der Waals surface area contributed by atoms with Crippen molar-refractivity contribution < 1.29 is 14.6 Å². The Balaban J connectivity index is 1.35. The number of carbonyl (C=O) groups is 1. The van der Waals surface area contributed by atoms with Gasteiger partial charge >= 0.3 is 0 Å². The summed E-state index contributed by atoms with van der Waals surface area (Å²) in [4.78, 5) is 15.6. The largest absolute Gasteiger partial charge is 0.348 e. The number of benzene rings is 1. The predicted molar refractivity (Wildman–Crippen MR) is 111 cm³/mol. The van der Waals surface area contributed by atoms with Gasteiger partial charge in [-0.3, -0.25) is 4.79 Å². The van der Waals surface area contributed by atoms with Crippen LogP contribution in [0.15, 0.2) is 36.4 Å². The minimum absolute atomic E-state index is 0.253. The van der Waals surface area contributed by atoms with Gasteiger partial charge in [-0.05, 0) is 29.9 Å². The van der Waals surface area contributed by atoms with Crippen LogP contribution in [-0.4, -0.2) is 51.2 Å². The molecule has 4 nitrogen and oxygen atoms in total. The highest BCUT2D eigenvalue weighted by molar-refractivity contribution is 5.77. The molecule has 1 heterocycles. The van der Waals surface area contributed by atoms with Gasteiger partial charge in [-0.15, -0.1) is 0 Å². The van der Waals surface area contributed by atoms with Gasteiger partial charge in [0.2, 0.25) is 0 Å². The molecule has 0 bridgehead atoms. The van der Waals surface area contributed by atoms with Gasteiger partial charge in [0.25, 0.3) is 5.91 Å². The Morgan fingerprint density at radius 1 is 1.07 bits per heavy atom. The van der Waals surface area contributed by atoms with Gasteiger partial charge in [-0.1, -0.05) is 63.1 Å². The zero-order valence-corrected chi connectivity index (χ0v) is 17.0. The molecule has 1 saturated carbocycles. The molecule has 0 aromatic heterocycles. The van der Waals surface area contributed by atoms with Crippen molar-refractivity contribution >= 4 is 12.0 Å². The van der Waals surface area contributed by atoms with Crippen LogP contribution in [0, 0.1) is 11.8 Å². The van der Waals surface area contributed by atoms with Gasteiger partial charge in [0.15, 0.2) is 6.54 Å². The number of amides is 1. The normalized spacial score (nSPS) is 31.7. The number of rotatable bonds is 6. The lowest BCUT2D eigenvalue weighted by Crippen LogP contribution is -3.28. The Bertz CT molecular complexity index is 607. The van der Waals surface area contributed by atoms with Crippen LogP contribution in [0.1, 0.15) is 38.7 Å². The lowest BCUT2D eigenvalue weighted by Gasteiger charge is -2.35. The molecule has 0 spiro atoms. The highest BCUT2D eigenvalue weighted by atomic mass is 16.2. The zero-order valence-electron chi connectivity index (χ0n) is 17.0. The fourth-order valence-electron chi connectivity index (χ4n) is 4.53. The molecule has 0 unspecified atom stereocenters. The summed E-state index contributed by atoms with van der Waals surface area (Å²) in [5, 5.41) is 3.33. The fourth-order valence-corrected chi connectivity index (χ4v) is 4.53. The van der Waals surface area contributed by atoms with Gasteiger partial charge in [0.1, 0.15) is 26.2 Å². The molecule has 27 heavy (non-hydrogen) atoms. The van der Waals surface area contributed by atoms with E-state index in [-0.39, 0.29) is 5.91 Å². The molecule has 1 aromatic carbocycles. The first kappa shape index (κ1) is 20.1. The van der Waals surface area contributed by atoms with E-state index in [4.69, 9.17) is 0 Å². The van der Waals surface area contributed by atoms with Gasteiger partial charge in [-0.25, -0.2) is 0 Å². The minimum Gasteiger partial charge on any atom is -0.348 e. The van der Waals surface area contributed by atoms with Crippen LogP contribution < -0.4 is 15.1 Å². The molecule has 148 valence electrons. The first-order valence-electron chi connectivity index (χ1n) is 10.8. The summed E-state index contributed by atoms with van der Waals surface area (Å²) in [6, 6.07) is 10.9. The molecular weight excluding hydrogens is 334 g/mol. The molecular formula is C23H37N3O+2. The Morgan fingerprint density at radius 3 is 2.52 bits per heavy atom. The van der Waals surface area contributed by atoms with Gasteiger partial charge in [-0.2, -0.15) is 0 Å². The van der Waals surface area contributed by atoms with E-state index in [9.17, 15) is 4.79 Å². The van der Waals surface area contributed by atoms with Crippen molar-refractivity contribution in [2.45, 2.75) is 39.2 Å². The maximum Gasteiger partial charge on any atom is 0.275 e. The van der Waals surface area contributed by atoms with E-state index in [1.54, 1.807) is 4.90 Å². The summed E-state index contributed by atoms with van der Waals surface area (Å²) in [7, 11) is 0. The second-order valence-electron chi connectivity index (χ2n) is 8.64. The predicted octanol–water partition coefficient (Wildman–Crippen LogP) is 0.424. The van der Waals surface area contributed by atoms with Crippen LogP contribution in [0.5, 0.6) is 0 Å². The number of quaternary nitrogens is 2. The maximum absolute atomic E-state index is 12.5. The molecule has 4 heteroatoms. The smallest absolute Gasteiger partial charge is 0.275 e. The Morgan fingerprint density at radius 2 is 1.78 bits per heavy atom. The standard InChI is InChI=1S/C23H35N3O/c1-19-8-6-12-22(20(19)2)24-23(27)18-26-16-14-25(15-17-26)13-7-11-21-9-4-3-5-10-21/h3-5,7,9-11,19-20,22H,6,8,12-18H2,1-2H3,(H,24,27)/p+2/b11-7+/t19-,20+,22-/m0/s1. The third-order valence-electron chi connectivity index (χ3n) is 6.64. The van der Waals surface area contributed by atoms with E-state index in [1.807, 2.05) is 0 Å². The molecule has 1 saturated heterocycles. The van der Waals surface area contributed by atoms with Crippen molar-refractivity contribution in [3.63, 3.8) is 0 Å². The molecule has 1 aliphatic heterocycles. The van der Waals surface area contributed by atoms with Gasteiger partial charge in [0, 0.05) is 6.04 Å². The molecule has 3 rings (SSSR count). The van der Waals surface area contributed by atoms with Crippen LogP contribution in [0.4, 0.5) is 0 Å². The monoisotopic (exact) mass is 371 g/mol. The molecule has 3 atom stereocenters. The Labute approximate surface area is 164 Å². The van der Waals surface area contributed by atoms with Crippen LogP contribution in [0.25, 0.3) is 6.08 Å². The quantitative estimate of drug-likeness (QED) is 0.666. The number of carbonyl (C=O) groups excluding carboxylic acids is 1. The average molecular weight is 372 g/mol. The number of hydrogen-bond acceptors (Lipinski definition) is 1. The van der Waals surface area contributed by atoms with Crippen LogP contribution in [0.3, 0.4) is 0 Å². The number of piperazine rings is 1. The molecule has 1 amide bonds. The first-order chi connectivity index (χ1) is 13.1. The molecule has 2 fully saturated rings. The van der Waals surface area contributed by atoms with Crippen molar-refractivity contribution in [1.82, 2.24) is 5.32 Å². The molecule has 1 aliphatic carbocycles. The van der Waals surface area contributed by atoms with E-state index >= 15 is 0 Å². The summed E-state index contributed by atoms with van der Waals surface area (Å²) >= 11 is 0. The third kappa shape index (κ3) is 6.18. The zero-order chi connectivity index (χ0) is 19.1. The molecule has 1 aromatic rings. The van der Waals surface area contributed by atoms with E-state index in [0.29, 0.717) is 18.5 Å². The highest BCUT2D eigenvalue weighted by Crippen LogP contribution is 2.29. The number of nitrogens with one attached hydrogen (secondary N) is 3. The van der Waals surface area contributed by atoms with Crippen molar-refractivity contribution in [3.8, 4) is 0 Å². The van der Waals surface area contributed by atoms with Crippen LogP contribution in [-0.2, 0) is 4.79 Å². The lowest BCUT2D eigenvalue weighted by atomic mass is 9.78. The van der Waals surface area contributed by atoms with E-state index in [2.05, 4.69) is 61.6 Å². The second-order valence-corrected chi connectivity index (χ2v) is 8.64. The summed E-state index contributed by atoms with van der Waals surface area (Å²) < 4.78 is 0. The van der Waals surface area contributed by atoms with Crippen molar-refractivity contribution in [1.29, 1.82) is 0 Å². The van der Waals surface area contributed by atoms with E-state index in [1.165, 1.54) is 23.3 Å². The first-order valence-corrected chi connectivity index (χ1v) is 10.8. The Kier molecular flexibility index (Phi) is 7.48. The van der Waals surface area contributed by atoms with E-state index < -0.39 is 0 Å². The minimum atomic E-state index is 0.253. The third-order valence-corrected chi connectivity index (χ3v) is 6.64. The van der Waals surface area contributed by atoms with Crippen LogP contribution in [0.2, 0.25) is 0 Å². The summed E-state index contributed by atoms with van der Waals surface area (Å²) in [5.41, 5.74) is 1.27. The summed E-state index contributed by atoms with van der Waals surface area (Å²) in [5.74, 6) is 1.59. The van der Waals surface area contributed by atoms with Gasteiger partial charge in [0.05, 0.1) is 6.54 Å². The van der Waals surface area contributed by atoms with Crippen molar-refractivity contribution in [3.05, 3.63) is 42.0 Å². The highest BCUT2D eigenvalue weighted by Gasteiger charge is 2.30. The molecule has 0 radical (unpaired) electrons. The summed E-state index contributed by atoms with van der Waals surface area (Å²) in [6.45, 7) is 10.8. The fraction of sp³-hybridized carbons (Fsp3) is 0.609. The molecule has 2 aliphatic rings. The average Bonchev–Trinajstić information content (AvgIpc) is 2.68. The topological polar surface area (TPSA) is 38.0 Å². The second kappa shape index (κ2) is 10.0. The van der Waals surface area contributed by atoms with E-state index in [0.717, 1.165) is 45.1 Å². The lowest BCUT2D eigenvalue weighted by molar-refractivity contribution is -1.01. The summed E-state index contributed by atoms with van der Waals surface area (Å²) in [6.07, 6.45) is 8.21. The Hall–Kier alpha value is -1.65. The number of hydrogen-bond donors (Lipinski definition) is 3. The van der Waals surface area contributed by atoms with Crippen molar-refractivity contribution in [2.24, 2.45) is 11.8 Å². The maximum atomic E-state index is 12.5. The molecule has 3 N–H and O–H groups in total. The SMILES string of the molecule is C[C@H]1[C@@H](NC(=O)C[NH+]2CC[NH+](C/C=C/c3ccccc3)CC2)CCC[C@@H]1C. The van der Waals surface area contributed by atoms with Gasteiger partial charge < -0.3 is 15.1 Å².